The van der Waals surface area contributed by atoms with Gasteiger partial charge in [0.15, 0.2) is 0 Å². The van der Waals surface area contributed by atoms with Gasteiger partial charge in [-0.2, -0.15) is 0 Å². The lowest BCUT2D eigenvalue weighted by atomic mass is 9.98. The van der Waals surface area contributed by atoms with Crippen molar-refractivity contribution >= 4 is 11.8 Å². The Morgan fingerprint density at radius 1 is 0.931 bits per heavy atom. The predicted molar refractivity (Wildman–Crippen MR) is 110 cm³/mol. The summed E-state index contributed by atoms with van der Waals surface area (Å²) in [6.45, 7) is 3.06. The van der Waals surface area contributed by atoms with Crippen LogP contribution in [0.15, 0.2) is 53.3 Å². The molecule has 2 saturated heterocycles. The molecule has 3 heterocycles. The zero-order valence-corrected chi connectivity index (χ0v) is 16.8. The van der Waals surface area contributed by atoms with Gasteiger partial charge in [-0.1, -0.05) is 30.3 Å². The maximum Gasteiger partial charge on any atom is 0.257 e. The first-order chi connectivity index (χ1) is 14.2. The molecule has 2 aromatic rings. The maximum atomic E-state index is 13.3. The van der Waals surface area contributed by atoms with Crippen molar-refractivity contribution in [3.8, 4) is 0 Å². The van der Waals surface area contributed by atoms with Crippen molar-refractivity contribution < 1.29 is 14.0 Å². The molecular weight excluding hydrogens is 366 g/mol. The number of carbonyl (C=O) groups is 2. The summed E-state index contributed by atoms with van der Waals surface area (Å²) in [5, 5.41) is 3.62. The molecule has 2 amide bonds. The molecule has 1 aromatic carbocycles. The van der Waals surface area contributed by atoms with E-state index in [1.54, 1.807) is 6.07 Å². The summed E-state index contributed by atoms with van der Waals surface area (Å²) in [5.41, 5.74) is 1.61. The third kappa shape index (κ3) is 4.70. The van der Waals surface area contributed by atoms with E-state index in [0.717, 1.165) is 44.3 Å². The summed E-state index contributed by atoms with van der Waals surface area (Å²) in [6.07, 6.45) is 8.06. The van der Waals surface area contributed by atoms with Crippen LogP contribution in [0.4, 0.5) is 0 Å². The molecule has 1 aromatic heterocycles. The highest BCUT2D eigenvalue weighted by Crippen LogP contribution is 2.23. The Hall–Kier alpha value is -2.60. The minimum absolute atomic E-state index is 0.0150. The fourth-order valence-corrected chi connectivity index (χ4v) is 4.31. The molecule has 0 radical (unpaired) electrons. The average Bonchev–Trinajstić information content (AvgIpc) is 3.33. The first kappa shape index (κ1) is 19.7. The van der Waals surface area contributed by atoms with Gasteiger partial charge < -0.3 is 14.2 Å². The van der Waals surface area contributed by atoms with Gasteiger partial charge in [0.25, 0.3) is 5.91 Å². The van der Waals surface area contributed by atoms with E-state index in [9.17, 15) is 9.59 Å². The lowest BCUT2D eigenvalue weighted by Crippen LogP contribution is -2.50. The van der Waals surface area contributed by atoms with Gasteiger partial charge in [-0.05, 0) is 43.7 Å². The molecule has 1 atom stereocenters. The van der Waals surface area contributed by atoms with Crippen LogP contribution in [-0.2, 0) is 4.79 Å². The number of amides is 2. The zero-order valence-electron chi connectivity index (χ0n) is 16.8. The summed E-state index contributed by atoms with van der Waals surface area (Å²) in [7, 11) is 0. The second-order valence-corrected chi connectivity index (χ2v) is 7.97. The van der Waals surface area contributed by atoms with Crippen LogP contribution in [-0.4, -0.2) is 53.8 Å². The van der Waals surface area contributed by atoms with E-state index < -0.39 is 0 Å². The van der Waals surface area contributed by atoms with Crippen molar-refractivity contribution in [1.82, 2.24) is 15.1 Å². The minimum Gasteiger partial charge on any atom is -0.472 e. The second kappa shape index (κ2) is 9.27. The zero-order chi connectivity index (χ0) is 20.1. The Balaban J connectivity index is 1.40. The number of furan rings is 1. The van der Waals surface area contributed by atoms with Crippen LogP contribution in [0.1, 0.15) is 54.1 Å². The van der Waals surface area contributed by atoms with Crippen LogP contribution in [0.2, 0.25) is 0 Å². The second-order valence-electron chi connectivity index (χ2n) is 7.97. The van der Waals surface area contributed by atoms with Gasteiger partial charge in [0.05, 0.1) is 11.8 Å². The monoisotopic (exact) mass is 395 g/mol. The fraction of sp³-hybridized carbons (Fsp3) is 0.478. The molecular formula is C23H29N3O3. The molecule has 29 heavy (non-hydrogen) atoms. The highest BCUT2D eigenvalue weighted by Gasteiger charge is 2.31. The van der Waals surface area contributed by atoms with E-state index >= 15 is 0 Å². The van der Waals surface area contributed by atoms with Crippen LogP contribution in [0.3, 0.4) is 0 Å². The SMILES string of the molecule is O=C(c1ccoc1)N1CCC(N[C@H](C(=O)N2CCCCC2)c2ccccc2)CC1. The maximum absolute atomic E-state index is 13.3. The number of piperidine rings is 2. The minimum atomic E-state index is -0.324. The summed E-state index contributed by atoms with van der Waals surface area (Å²) in [6, 6.07) is 11.6. The van der Waals surface area contributed by atoms with Gasteiger partial charge >= 0.3 is 0 Å². The lowest BCUT2D eigenvalue weighted by Gasteiger charge is -2.36. The Kier molecular flexibility index (Phi) is 6.30. The molecule has 154 valence electrons. The van der Waals surface area contributed by atoms with E-state index in [1.165, 1.54) is 18.9 Å². The Bertz CT molecular complexity index is 792. The molecule has 0 unspecified atom stereocenters. The summed E-state index contributed by atoms with van der Waals surface area (Å²) >= 11 is 0. The van der Waals surface area contributed by atoms with Crippen LogP contribution < -0.4 is 5.32 Å². The van der Waals surface area contributed by atoms with Gasteiger partial charge in [0, 0.05) is 32.2 Å². The number of nitrogens with one attached hydrogen (secondary N) is 1. The van der Waals surface area contributed by atoms with E-state index in [0.29, 0.717) is 18.7 Å². The Morgan fingerprint density at radius 2 is 1.66 bits per heavy atom. The summed E-state index contributed by atoms with van der Waals surface area (Å²) < 4.78 is 5.03. The van der Waals surface area contributed by atoms with Crippen molar-refractivity contribution in [2.45, 2.75) is 44.2 Å². The molecule has 0 aliphatic carbocycles. The number of likely N-dealkylation sites (tertiary alicyclic amines) is 2. The van der Waals surface area contributed by atoms with Crippen molar-refractivity contribution in [1.29, 1.82) is 0 Å². The van der Waals surface area contributed by atoms with Crippen molar-refractivity contribution in [3.05, 3.63) is 60.1 Å². The lowest BCUT2D eigenvalue weighted by molar-refractivity contribution is -0.134. The largest absolute Gasteiger partial charge is 0.472 e. The molecule has 4 rings (SSSR count). The first-order valence-corrected chi connectivity index (χ1v) is 10.6. The summed E-state index contributed by atoms with van der Waals surface area (Å²) in [5.74, 6) is 0.189. The molecule has 6 nitrogen and oxygen atoms in total. The third-order valence-electron chi connectivity index (χ3n) is 6.00. The van der Waals surface area contributed by atoms with Gasteiger partial charge in [0.2, 0.25) is 5.91 Å². The standard InChI is InChI=1S/C23H29N3O3/c27-22(19-11-16-29-17-19)26-14-9-20(10-15-26)24-21(18-7-3-1-4-8-18)23(28)25-12-5-2-6-13-25/h1,3-4,7-8,11,16-17,20-21,24H,2,5-6,9-10,12-15H2/t21-/m0/s1. The number of nitrogens with zero attached hydrogens (tertiary/aromatic N) is 2. The molecule has 0 saturated carbocycles. The quantitative estimate of drug-likeness (QED) is 0.844. The number of benzene rings is 1. The topological polar surface area (TPSA) is 65.8 Å². The van der Waals surface area contributed by atoms with Crippen LogP contribution >= 0.6 is 0 Å². The van der Waals surface area contributed by atoms with Gasteiger partial charge in [-0.3, -0.25) is 14.9 Å². The molecule has 2 aliphatic rings. The van der Waals surface area contributed by atoms with Gasteiger partial charge in [0.1, 0.15) is 12.3 Å². The van der Waals surface area contributed by atoms with E-state index in [4.69, 9.17) is 4.42 Å². The molecule has 0 bridgehead atoms. The third-order valence-corrected chi connectivity index (χ3v) is 6.00. The highest BCUT2D eigenvalue weighted by molar-refractivity contribution is 5.93. The number of carbonyl (C=O) groups excluding carboxylic acids is 2. The van der Waals surface area contributed by atoms with E-state index in [-0.39, 0.29) is 23.9 Å². The first-order valence-electron chi connectivity index (χ1n) is 10.6. The molecule has 0 spiro atoms. The molecule has 2 fully saturated rings. The van der Waals surface area contributed by atoms with Crippen molar-refractivity contribution in [2.24, 2.45) is 0 Å². The number of rotatable bonds is 5. The average molecular weight is 396 g/mol. The van der Waals surface area contributed by atoms with E-state index in [1.807, 2.05) is 40.1 Å². The molecule has 1 N–H and O–H groups in total. The van der Waals surface area contributed by atoms with Gasteiger partial charge in [-0.25, -0.2) is 0 Å². The number of hydrogen-bond donors (Lipinski definition) is 1. The van der Waals surface area contributed by atoms with Gasteiger partial charge in [-0.15, -0.1) is 0 Å². The van der Waals surface area contributed by atoms with E-state index in [2.05, 4.69) is 5.32 Å². The predicted octanol–water partition coefficient (Wildman–Crippen LogP) is 3.23. The molecule has 6 heteroatoms. The van der Waals surface area contributed by atoms with Crippen LogP contribution in [0.5, 0.6) is 0 Å². The normalized spacial score (nSPS) is 19.2. The highest BCUT2D eigenvalue weighted by atomic mass is 16.3. The van der Waals surface area contributed by atoms with Crippen molar-refractivity contribution in [3.63, 3.8) is 0 Å². The summed E-state index contributed by atoms with van der Waals surface area (Å²) in [4.78, 5) is 29.7. The van der Waals surface area contributed by atoms with Crippen molar-refractivity contribution in [2.75, 3.05) is 26.2 Å². The van der Waals surface area contributed by atoms with Crippen LogP contribution in [0, 0.1) is 0 Å². The Labute approximate surface area is 171 Å². The molecule has 2 aliphatic heterocycles. The van der Waals surface area contributed by atoms with Crippen LogP contribution in [0.25, 0.3) is 0 Å². The Morgan fingerprint density at radius 3 is 2.31 bits per heavy atom. The smallest absolute Gasteiger partial charge is 0.257 e. The fourth-order valence-electron chi connectivity index (χ4n) is 4.31. The number of hydrogen-bond acceptors (Lipinski definition) is 4.